The lowest BCUT2D eigenvalue weighted by molar-refractivity contribution is -0.146. The van der Waals surface area contributed by atoms with Crippen molar-refractivity contribution in [3.8, 4) is 0 Å². The second kappa shape index (κ2) is 8.23. The molecule has 1 aromatic rings. The summed E-state index contributed by atoms with van der Waals surface area (Å²) >= 11 is 0. The molecule has 5 heteroatoms. The summed E-state index contributed by atoms with van der Waals surface area (Å²) in [4.78, 5) is 14.7. The number of ether oxygens (including phenoxy) is 3. The van der Waals surface area contributed by atoms with E-state index in [1.165, 1.54) is 0 Å². The van der Waals surface area contributed by atoms with Crippen LogP contribution in [-0.2, 0) is 20.8 Å². The second-order valence-corrected chi connectivity index (χ2v) is 8.05. The minimum atomic E-state index is -0.656. The van der Waals surface area contributed by atoms with E-state index in [1.54, 1.807) is 4.90 Å². The van der Waals surface area contributed by atoms with E-state index in [0.717, 1.165) is 5.56 Å². The lowest BCUT2D eigenvalue weighted by Gasteiger charge is -2.36. The number of carbonyl (C=O) groups excluding carboxylic acids is 1. The monoisotopic (exact) mass is 361 g/mol. The van der Waals surface area contributed by atoms with E-state index in [0.29, 0.717) is 19.6 Å². The molecule has 0 unspecified atom stereocenters. The first-order chi connectivity index (χ1) is 12.1. The molecule has 0 spiro atoms. The Morgan fingerprint density at radius 1 is 1.38 bits per heavy atom. The largest absolute Gasteiger partial charge is 0.444 e. The van der Waals surface area contributed by atoms with Crippen LogP contribution in [0.2, 0.25) is 0 Å². The molecule has 1 amide bonds. The Morgan fingerprint density at radius 2 is 2.04 bits per heavy atom. The first-order valence-corrected chi connectivity index (χ1v) is 9.07. The van der Waals surface area contributed by atoms with Gasteiger partial charge >= 0.3 is 6.09 Å². The van der Waals surface area contributed by atoms with Gasteiger partial charge < -0.3 is 14.2 Å². The zero-order valence-corrected chi connectivity index (χ0v) is 16.5. The molecule has 1 heterocycles. The molecule has 5 nitrogen and oxygen atoms in total. The highest BCUT2D eigenvalue weighted by molar-refractivity contribution is 5.68. The van der Waals surface area contributed by atoms with Crippen molar-refractivity contribution in [3.63, 3.8) is 0 Å². The molecule has 1 aliphatic heterocycles. The molecule has 0 bridgehead atoms. The van der Waals surface area contributed by atoms with Crippen molar-refractivity contribution in [2.45, 2.75) is 71.1 Å². The van der Waals surface area contributed by atoms with Crippen LogP contribution >= 0.6 is 0 Å². The molecule has 0 radical (unpaired) electrons. The van der Waals surface area contributed by atoms with Crippen molar-refractivity contribution in [1.29, 1.82) is 0 Å². The maximum atomic E-state index is 13.0. The Bertz CT molecular complexity index is 606. The lowest BCUT2D eigenvalue weighted by Crippen LogP contribution is -2.49. The highest BCUT2D eigenvalue weighted by atomic mass is 16.7. The molecule has 1 saturated heterocycles. The zero-order chi connectivity index (χ0) is 19.4. The molecule has 144 valence electrons. The first kappa shape index (κ1) is 20.5. The van der Waals surface area contributed by atoms with Gasteiger partial charge in [0, 0.05) is 6.54 Å². The van der Waals surface area contributed by atoms with Crippen LogP contribution in [0.4, 0.5) is 4.79 Å². The molecule has 0 aliphatic carbocycles. The molecular formula is C21H31NO4. The highest BCUT2D eigenvalue weighted by Crippen LogP contribution is 2.29. The molecule has 1 aliphatic rings. The molecule has 0 saturated carbocycles. The third-order valence-corrected chi connectivity index (χ3v) is 4.09. The van der Waals surface area contributed by atoms with Gasteiger partial charge in [0.05, 0.1) is 12.6 Å². The van der Waals surface area contributed by atoms with E-state index in [4.69, 9.17) is 14.2 Å². The molecule has 26 heavy (non-hydrogen) atoms. The highest BCUT2D eigenvalue weighted by Gasteiger charge is 2.41. The third-order valence-electron chi connectivity index (χ3n) is 4.09. The van der Waals surface area contributed by atoms with E-state index in [9.17, 15) is 4.79 Å². The summed E-state index contributed by atoms with van der Waals surface area (Å²) in [7, 11) is 0. The number of benzene rings is 1. The van der Waals surface area contributed by atoms with Crippen molar-refractivity contribution in [2.24, 2.45) is 0 Å². The normalized spacial score (nSPS) is 20.4. The third kappa shape index (κ3) is 5.85. The summed E-state index contributed by atoms with van der Waals surface area (Å²) in [5.74, 6) is -0.656. The Morgan fingerprint density at radius 3 is 2.54 bits per heavy atom. The predicted octanol–water partition coefficient (Wildman–Crippen LogP) is 4.52. The Hall–Kier alpha value is -1.85. The average Bonchev–Trinajstić information content (AvgIpc) is 2.90. The summed E-state index contributed by atoms with van der Waals surface area (Å²) in [6.07, 6.45) is 1.80. The van der Waals surface area contributed by atoms with Crippen molar-refractivity contribution in [1.82, 2.24) is 4.90 Å². The topological polar surface area (TPSA) is 48.0 Å². The van der Waals surface area contributed by atoms with Gasteiger partial charge in [0.2, 0.25) is 0 Å². The van der Waals surface area contributed by atoms with E-state index >= 15 is 0 Å². The smallest absolute Gasteiger partial charge is 0.410 e. The minimum Gasteiger partial charge on any atom is -0.444 e. The Balaban J connectivity index is 2.28. The van der Waals surface area contributed by atoms with Gasteiger partial charge in [0.15, 0.2) is 5.79 Å². The lowest BCUT2D eigenvalue weighted by atomic mass is 10.0. The van der Waals surface area contributed by atoms with Gasteiger partial charge in [-0.25, -0.2) is 4.79 Å². The molecule has 0 aromatic heterocycles. The summed E-state index contributed by atoms with van der Waals surface area (Å²) < 4.78 is 17.4. The number of hydrogen-bond donors (Lipinski definition) is 0. The van der Waals surface area contributed by atoms with Crippen LogP contribution in [0.15, 0.2) is 43.0 Å². The second-order valence-electron chi connectivity index (χ2n) is 8.05. The van der Waals surface area contributed by atoms with Crippen LogP contribution in [0.1, 0.15) is 46.6 Å². The van der Waals surface area contributed by atoms with Crippen LogP contribution in [-0.4, -0.2) is 41.1 Å². The maximum absolute atomic E-state index is 13.0. The minimum absolute atomic E-state index is 0.218. The van der Waals surface area contributed by atoms with E-state index in [2.05, 4.69) is 6.58 Å². The number of nitrogens with zero attached hydrogens (tertiary/aromatic N) is 1. The fourth-order valence-electron chi connectivity index (χ4n) is 2.97. The van der Waals surface area contributed by atoms with Crippen molar-refractivity contribution in [3.05, 3.63) is 48.6 Å². The first-order valence-electron chi connectivity index (χ1n) is 9.07. The summed E-state index contributed by atoms with van der Waals surface area (Å²) in [6.45, 7) is 14.1. The molecule has 2 rings (SSSR count). The van der Waals surface area contributed by atoms with Gasteiger partial charge in [0.1, 0.15) is 11.7 Å². The van der Waals surface area contributed by atoms with E-state index in [1.807, 2.05) is 71.0 Å². The van der Waals surface area contributed by atoms with Gasteiger partial charge in [-0.1, -0.05) is 36.4 Å². The number of carbonyl (C=O) groups is 1. The average molecular weight is 361 g/mol. The van der Waals surface area contributed by atoms with E-state index in [-0.39, 0.29) is 18.2 Å². The molecule has 1 aromatic carbocycles. The number of amides is 1. The quantitative estimate of drug-likeness (QED) is 0.699. The van der Waals surface area contributed by atoms with Gasteiger partial charge in [0.25, 0.3) is 0 Å². The fourth-order valence-corrected chi connectivity index (χ4v) is 2.97. The van der Waals surface area contributed by atoms with Crippen LogP contribution in [0.3, 0.4) is 0 Å². The van der Waals surface area contributed by atoms with Crippen molar-refractivity contribution in [2.75, 3.05) is 6.61 Å². The molecule has 0 N–H and O–H groups in total. The van der Waals surface area contributed by atoms with Crippen LogP contribution < -0.4 is 0 Å². The van der Waals surface area contributed by atoms with E-state index < -0.39 is 11.4 Å². The van der Waals surface area contributed by atoms with Crippen LogP contribution in [0, 0.1) is 0 Å². The molecular weight excluding hydrogens is 330 g/mol. The standard InChI is InChI=1S/C21H31NO4/c1-7-11-17(18-15-24-21(5,6)25-18)22(19(23)26-20(2,3)4)14-16-12-9-8-10-13-16/h7-10,12-13,17-18H,1,11,14-15H2,2-6H3/t17-,18-/m1/s1. The summed E-state index contributed by atoms with van der Waals surface area (Å²) in [5, 5.41) is 0. The van der Waals surface area contributed by atoms with Gasteiger partial charge in [-0.15, -0.1) is 6.58 Å². The Labute approximate surface area is 156 Å². The van der Waals surface area contributed by atoms with Crippen LogP contribution in [0.5, 0.6) is 0 Å². The summed E-state index contributed by atoms with van der Waals surface area (Å²) in [6, 6.07) is 9.66. The number of hydrogen-bond acceptors (Lipinski definition) is 4. The van der Waals surface area contributed by atoms with Gasteiger partial charge in [-0.3, -0.25) is 4.90 Å². The Kier molecular flexibility index (Phi) is 6.48. The predicted molar refractivity (Wildman–Crippen MR) is 102 cm³/mol. The SMILES string of the molecule is C=CC[C@H]([C@H]1COC(C)(C)O1)N(Cc1ccccc1)C(=O)OC(C)(C)C. The van der Waals surface area contributed by atoms with Crippen LogP contribution in [0.25, 0.3) is 0 Å². The van der Waals surface area contributed by atoms with Crippen molar-refractivity contribution >= 4 is 6.09 Å². The fraction of sp³-hybridized carbons (Fsp3) is 0.571. The molecule has 1 fully saturated rings. The summed E-state index contributed by atoms with van der Waals surface area (Å²) in [5.41, 5.74) is 0.461. The maximum Gasteiger partial charge on any atom is 0.410 e. The molecule has 2 atom stereocenters. The zero-order valence-electron chi connectivity index (χ0n) is 16.5. The van der Waals surface area contributed by atoms with Gasteiger partial charge in [-0.05, 0) is 46.6 Å². The number of rotatable bonds is 6. The van der Waals surface area contributed by atoms with Gasteiger partial charge in [-0.2, -0.15) is 0 Å². The van der Waals surface area contributed by atoms with Crippen molar-refractivity contribution < 1.29 is 19.0 Å².